The molecule has 0 spiro atoms. The van der Waals surface area contributed by atoms with Crippen molar-refractivity contribution in [3.63, 3.8) is 0 Å². The van der Waals surface area contributed by atoms with Crippen LogP contribution in [0.4, 0.5) is 11.4 Å². The highest BCUT2D eigenvalue weighted by atomic mass is 16.1. The van der Waals surface area contributed by atoms with E-state index in [0.29, 0.717) is 16.9 Å². The molecule has 16 heavy (non-hydrogen) atoms. The van der Waals surface area contributed by atoms with Crippen LogP contribution in [0.3, 0.4) is 0 Å². The van der Waals surface area contributed by atoms with E-state index in [0.717, 1.165) is 19.3 Å². The summed E-state index contributed by atoms with van der Waals surface area (Å²) in [5, 5.41) is 11.7. The van der Waals surface area contributed by atoms with Gasteiger partial charge in [0.15, 0.2) is 0 Å². The highest BCUT2D eigenvalue weighted by Crippen LogP contribution is 2.28. The van der Waals surface area contributed by atoms with E-state index in [4.69, 9.17) is 11.0 Å². The average Bonchev–Trinajstić information content (AvgIpc) is 2.18. The van der Waals surface area contributed by atoms with Crippen LogP contribution in [0.2, 0.25) is 0 Å². The quantitative estimate of drug-likeness (QED) is 0.739. The Kier molecular flexibility index (Phi) is 2.78. The van der Waals surface area contributed by atoms with Crippen LogP contribution in [-0.4, -0.2) is 5.91 Å². The smallest absolute Gasteiger partial charge is 0.227 e. The molecular weight excluding hydrogens is 202 g/mol. The Morgan fingerprint density at radius 3 is 2.81 bits per heavy atom. The molecule has 1 aliphatic rings. The SMILES string of the molecule is N#Cc1cc(N)ccc1NC(=O)C1CCC1. The minimum atomic E-state index is 0.00696. The summed E-state index contributed by atoms with van der Waals surface area (Å²) in [7, 11) is 0. The second-order valence-electron chi connectivity index (χ2n) is 4.03. The van der Waals surface area contributed by atoms with Crippen molar-refractivity contribution in [2.45, 2.75) is 19.3 Å². The summed E-state index contributed by atoms with van der Waals surface area (Å²) in [4.78, 5) is 11.7. The Hall–Kier alpha value is -2.02. The van der Waals surface area contributed by atoms with Crippen molar-refractivity contribution in [3.8, 4) is 6.07 Å². The van der Waals surface area contributed by atoms with Crippen molar-refractivity contribution in [1.29, 1.82) is 5.26 Å². The van der Waals surface area contributed by atoms with Crippen LogP contribution in [0, 0.1) is 17.2 Å². The largest absolute Gasteiger partial charge is 0.399 e. The predicted molar refractivity (Wildman–Crippen MR) is 61.5 cm³/mol. The lowest BCUT2D eigenvalue weighted by molar-refractivity contribution is -0.122. The molecule has 0 unspecified atom stereocenters. The second kappa shape index (κ2) is 4.23. The highest BCUT2D eigenvalue weighted by Gasteiger charge is 2.25. The highest BCUT2D eigenvalue weighted by molar-refractivity contribution is 5.94. The van der Waals surface area contributed by atoms with Crippen LogP contribution in [0.1, 0.15) is 24.8 Å². The van der Waals surface area contributed by atoms with E-state index in [1.54, 1.807) is 18.2 Å². The van der Waals surface area contributed by atoms with Gasteiger partial charge in [-0.15, -0.1) is 0 Å². The van der Waals surface area contributed by atoms with Crippen molar-refractivity contribution < 1.29 is 4.79 Å². The number of hydrogen-bond acceptors (Lipinski definition) is 3. The van der Waals surface area contributed by atoms with Gasteiger partial charge in [-0.3, -0.25) is 4.79 Å². The van der Waals surface area contributed by atoms with Crippen molar-refractivity contribution >= 4 is 17.3 Å². The Morgan fingerprint density at radius 2 is 2.25 bits per heavy atom. The molecule has 0 aromatic heterocycles. The number of benzene rings is 1. The molecule has 0 bridgehead atoms. The fourth-order valence-corrected chi connectivity index (χ4v) is 1.67. The van der Waals surface area contributed by atoms with Gasteiger partial charge < -0.3 is 11.1 Å². The van der Waals surface area contributed by atoms with Crippen LogP contribution in [0.25, 0.3) is 0 Å². The molecule has 0 radical (unpaired) electrons. The predicted octanol–water partition coefficient (Wildman–Crippen LogP) is 1.88. The summed E-state index contributed by atoms with van der Waals surface area (Å²) in [6, 6.07) is 6.94. The van der Waals surface area contributed by atoms with Crippen molar-refractivity contribution in [3.05, 3.63) is 23.8 Å². The molecule has 0 aliphatic heterocycles. The van der Waals surface area contributed by atoms with Crippen LogP contribution in [0.15, 0.2) is 18.2 Å². The average molecular weight is 215 g/mol. The number of nitrogens with one attached hydrogen (secondary N) is 1. The summed E-state index contributed by atoms with van der Waals surface area (Å²) in [5.74, 6) is 0.122. The molecule has 1 aliphatic carbocycles. The van der Waals surface area contributed by atoms with Crippen LogP contribution < -0.4 is 11.1 Å². The molecule has 4 heteroatoms. The maximum Gasteiger partial charge on any atom is 0.227 e. The molecule has 1 aromatic rings. The van der Waals surface area contributed by atoms with E-state index in [-0.39, 0.29) is 11.8 Å². The summed E-state index contributed by atoms with van der Waals surface area (Å²) < 4.78 is 0. The van der Waals surface area contributed by atoms with Gasteiger partial charge in [-0.1, -0.05) is 6.42 Å². The van der Waals surface area contributed by atoms with Crippen molar-refractivity contribution in [2.75, 3.05) is 11.1 Å². The van der Waals surface area contributed by atoms with E-state index in [1.807, 2.05) is 6.07 Å². The molecule has 2 rings (SSSR count). The third-order valence-electron chi connectivity index (χ3n) is 2.90. The fraction of sp³-hybridized carbons (Fsp3) is 0.333. The third kappa shape index (κ3) is 1.98. The molecule has 1 aromatic carbocycles. The number of rotatable bonds is 2. The minimum Gasteiger partial charge on any atom is -0.399 e. The molecule has 4 nitrogen and oxygen atoms in total. The number of nitrogens with zero attached hydrogens (tertiary/aromatic N) is 1. The third-order valence-corrected chi connectivity index (χ3v) is 2.90. The molecule has 0 atom stereocenters. The molecule has 1 saturated carbocycles. The van der Waals surface area contributed by atoms with Gasteiger partial charge in [-0.2, -0.15) is 5.26 Å². The first-order valence-electron chi connectivity index (χ1n) is 5.31. The van der Waals surface area contributed by atoms with Gasteiger partial charge >= 0.3 is 0 Å². The number of nitriles is 1. The molecule has 82 valence electrons. The maximum absolute atomic E-state index is 11.7. The van der Waals surface area contributed by atoms with Crippen molar-refractivity contribution in [2.24, 2.45) is 5.92 Å². The number of carbonyl (C=O) groups is 1. The van der Waals surface area contributed by atoms with E-state index < -0.39 is 0 Å². The van der Waals surface area contributed by atoms with E-state index >= 15 is 0 Å². The van der Waals surface area contributed by atoms with Gasteiger partial charge in [0.2, 0.25) is 5.91 Å². The molecule has 1 amide bonds. The lowest BCUT2D eigenvalue weighted by Crippen LogP contribution is -2.28. The van der Waals surface area contributed by atoms with Crippen LogP contribution in [-0.2, 0) is 4.79 Å². The topological polar surface area (TPSA) is 78.9 Å². The normalized spacial score (nSPS) is 14.9. The number of hydrogen-bond donors (Lipinski definition) is 2. The second-order valence-corrected chi connectivity index (χ2v) is 4.03. The first-order valence-corrected chi connectivity index (χ1v) is 5.31. The first kappa shape index (κ1) is 10.5. The van der Waals surface area contributed by atoms with Gasteiger partial charge in [0, 0.05) is 11.6 Å². The molecule has 3 N–H and O–H groups in total. The molecule has 0 saturated heterocycles. The number of nitrogens with two attached hydrogens (primary N) is 1. The fourth-order valence-electron chi connectivity index (χ4n) is 1.67. The zero-order chi connectivity index (χ0) is 11.5. The van der Waals surface area contributed by atoms with E-state index in [1.165, 1.54) is 0 Å². The minimum absolute atomic E-state index is 0.00696. The molecule has 1 fully saturated rings. The zero-order valence-electron chi connectivity index (χ0n) is 8.86. The van der Waals surface area contributed by atoms with Gasteiger partial charge in [0.05, 0.1) is 11.3 Å². The maximum atomic E-state index is 11.7. The van der Waals surface area contributed by atoms with Crippen LogP contribution in [0.5, 0.6) is 0 Å². The summed E-state index contributed by atoms with van der Waals surface area (Å²) in [6.45, 7) is 0. The van der Waals surface area contributed by atoms with Gasteiger partial charge in [0.1, 0.15) is 6.07 Å². The van der Waals surface area contributed by atoms with Gasteiger partial charge in [-0.05, 0) is 31.0 Å². The first-order chi connectivity index (χ1) is 7.70. The number of nitrogen functional groups attached to an aromatic ring is 1. The molecule has 0 heterocycles. The Morgan fingerprint density at radius 1 is 1.50 bits per heavy atom. The Bertz CT molecular complexity index is 458. The Balaban J connectivity index is 2.14. The van der Waals surface area contributed by atoms with Crippen molar-refractivity contribution in [1.82, 2.24) is 0 Å². The van der Waals surface area contributed by atoms with Crippen LogP contribution >= 0.6 is 0 Å². The van der Waals surface area contributed by atoms with Gasteiger partial charge in [0.25, 0.3) is 0 Å². The standard InChI is InChI=1S/C12H13N3O/c13-7-9-6-10(14)4-5-11(9)15-12(16)8-2-1-3-8/h4-6,8H,1-3,14H2,(H,15,16). The number of carbonyl (C=O) groups excluding carboxylic acids is 1. The summed E-state index contributed by atoms with van der Waals surface area (Å²) >= 11 is 0. The monoisotopic (exact) mass is 215 g/mol. The lowest BCUT2D eigenvalue weighted by Gasteiger charge is -2.24. The Labute approximate surface area is 94.1 Å². The summed E-state index contributed by atoms with van der Waals surface area (Å²) in [5.41, 5.74) is 7.05. The summed E-state index contributed by atoms with van der Waals surface area (Å²) in [6.07, 6.45) is 3.01. The zero-order valence-corrected chi connectivity index (χ0v) is 8.86. The number of amides is 1. The van der Waals surface area contributed by atoms with Gasteiger partial charge in [-0.25, -0.2) is 0 Å². The number of anilines is 2. The molecular formula is C12H13N3O. The van der Waals surface area contributed by atoms with E-state index in [2.05, 4.69) is 5.32 Å². The lowest BCUT2D eigenvalue weighted by atomic mass is 9.85. The van der Waals surface area contributed by atoms with E-state index in [9.17, 15) is 4.79 Å².